The second-order valence-electron chi connectivity index (χ2n) is 7.71. The van der Waals surface area contributed by atoms with Crippen molar-refractivity contribution in [1.29, 1.82) is 0 Å². The number of hydrogen-bond acceptors (Lipinski definition) is 8. The Kier molecular flexibility index (Phi) is 7.98. The van der Waals surface area contributed by atoms with Crippen LogP contribution in [-0.4, -0.2) is 63.6 Å². The zero-order valence-corrected chi connectivity index (χ0v) is 18.5. The zero-order valence-electron chi connectivity index (χ0n) is 18.5. The van der Waals surface area contributed by atoms with E-state index in [1.165, 1.54) is 7.11 Å². The molecule has 2 atom stereocenters. The number of nitrogens with zero attached hydrogens (tertiary/aromatic N) is 4. The van der Waals surface area contributed by atoms with Crippen LogP contribution in [-0.2, 0) is 27.9 Å². The third kappa shape index (κ3) is 5.94. The van der Waals surface area contributed by atoms with Crippen LogP contribution in [0, 0.1) is 12.8 Å². The summed E-state index contributed by atoms with van der Waals surface area (Å²) in [6, 6.07) is 3.59. The van der Waals surface area contributed by atoms with Gasteiger partial charge in [0, 0.05) is 14.2 Å². The maximum absolute atomic E-state index is 11.8. The predicted octanol–water partition coefficient (Wildman–Crippen LogP) is 2.08. The van der Waals surface area contributed by atoms with Gasteiger partial charge in [0.2, 0.25) is 0 Å². The van der Waals surface area contributed by atoms with Crippen molar-refractivity contribution >= 4 is 12.1 Å². The number of carbonyl (C=O) groups is 2. The van der Waals surface area contributed by atoms with E-state index in [4.69, 9.17) is 14.2 Å². The first-order valence-corrected chi connectivity index (χ1v) is 10.5. The maximum atomic E-state index is 11.8. The Morgan fingerprint density at radius 3 is 2.81 bits per heavy atom. The Hall–Kier alpha value is -3.21. The minimum absolute atomic E-state index is 0.142. The summed E-state index contributed by atoms with van der Waals surface area (Å²) in [5.41, 5.74) is 2.48. The van der Waals surface area contributed by atoms with Gasteiger partial charge in [0.25, 0.3) is 0 Å². The van der Waals surface area contributed by atoms with Crippen molar-refractivity contribution in [2.45, 2.75) is 45.3 Å². The molecule has 0 radical (unpaired) electrons. The van der Waals surface area contributed by atoms with Gasteiger partial charge < -0.3 is 24.6 Å². The second kappa shape index (κ2) is 10.9. The number of aryl methyl sites for hydroxylation is 2. The van der Waals surface area contributed by atoms with E-state index in [1.807, 2.05) is 13.0 Å². The molecule has 1 saturated carbocycles. The van der Waals surface area contributed by atoms with E-state index >= 15 is 0 Å². The Morgan fingerprint density at radius 1 is 1.28 bits per heavy atom. The average Bonchev–Trinajstić information content (AvgIpc) is 3.14. The fraction of sp³-hybridized carbons (Fsp3) is 0.571. The summed E-state index contributed by atoms with van der Waals surface area (Å²) in [5.74, 6) is -0.512. The Balaban J connectivity index is 1.67. The third-order valence-corrected chi connectivity index (χ3v) is 5.41. The van der Waals surface area contributed by atoms with Gasteiger partial charge in [-0.25, -0.2) is 14.5 Å². The summed E-state index contributed by atoms with van der Waals surface area (Å²) in [4.78, 5) is 27.7. The smallest absolute Gasteiger partial charge is 0.407 e. The Labute approximate surface area is 186 Å². The molecule has 1 aliphatic carbocycles. The number of nitrogens with one attached hydrogen (secondary N) is 1. The van der Waals surface area contributed by atoms with Crippen LogP contribution in [0.15, 0.2) is 12.1 Å². The fourth-order valence-electron chi connectivity index (χ4n) is 3.66. The number of carbonyl (C=O) groups excluding carboxylic acids is 1. The van der Waals surface area contributed by atoms with E-state index in [-0.39, 0.29) is 25.2 Å². The van der Waals surface area contributed by atoms with E-state index in [1.54, 1.807) is 17.8 Å². The predicted molar refractivity (Wildman–Crippen MR) is 113 cm³/mol. The molecule has 11 nitrogen and oxygen atoms in total. The molecular formula is C21H29N5O6. The third-order valence-electron chi connectivity index (χ3n) is 5.41. The lowest BCUT2D eigenvalue weighted by Crippen LogP contribution is -2.29. The summed E-state index contributed by atoms with van der Waals surface area (Å²) in [7, 11) is 3.26. The number of alkyl carbamates (subject to hydrolysis) is 1. The fourth-order valence-corrected chi connectivity index (χ4v) is 3.66. The summed E-state index contributed by atoms with van der Waals surface area (Å²) in [6.45, 7) is 2.48. The van der Waals surface area contributed by atoms with E-state index < -0.39 is 12.1 Å². The van der Waals surface area contributed by atoms with Crippen molar-refractivity contribution in [1.82, 2.24) is 25.3 Å². The zero-order chi connectivity index (χ0) is 23.1. The molecular weight excluding hydrogens is 418 g/mol. The topological polar surface area (TPSA) is 138 Å². The van der Waals surface area contributed by atoms with Gasteiger partial charge in [0.05, 0.1) is 42.3 Å². The molecule has 1 aliphatic rings. The summed E-state index contributed by atoms with van der Waals surface area (Å²) >= 11 is 0. The second-order valence-corrected chi connectivity index (χ2v) is 7.71. The number of amides is 1. The molecule has 1 unspecified atom stereocenters. The van der Waals surface area contributed by atoms with Gasteiger partial charge in [-0.2, -0.15) is 0 Å². The lowest BCUT2D eigenvalue weighted by molar-refractivity contribution is -0.143. The summed E-state index contributed by atoms with van der Waals surface area (Å²) < 4.78 is 17.5. The molecule has 32 heavy (non-hydrogen) atoms. The molecule has 0 aromatic carbocycles. The van der Waals surface area contributed by atoms with Crippen molar-refractivity contribution in [3.63, 3.8) is 0 Å². The first kappa shape index (κ1) is 23.5. The van der Waals surface area contributed by atoms with Crippen molar-refractivity contribution < 1.29 is 28.9 Å². The van der Waals surface area contributed by atoms with Gasteiger partial charge in [0.1, 0.15) is 18.1 Å². The lowest BCUT2D eigenvalue weighted by Gasteiger charge is -2.27. The van der Waals surface area contributed by atoms with Crippen LogP contribution in [0.25, 0.3) is 11.4 Å². The van der Waals surface area contributed by atoms with E-state index in [2.05, 4.69) is 20.6 Å². The molecule has 0 bridgehead atoms. The molecule has 0 saturated heterocycles. The van der Waals surface area contributed by atoms with Crippen LogP contribution in [0.2, 0.25) is 0 Å². The summed E-state index contributed by atoms with van der Waals surface area (Å²) in [6.07, 6.45) is 2.14. The van der Waals surface area contributed by atoms with Gasteiger partial charge in [0.15, 0.2) is 0 Å². The number of methoxy groups -OCH3 is 1. The highest BCUT2D eigenvalue weighted by Crippen LogP contribution is 2.30. The highest BCUT2D eigenvalue weighted by molar-refractivity contribution is 5.70. The van der Waals surface area contributed by atoms with Crippen LogP contribution in [0.3, 0.4) is 0 Å². The highest BCUT2D eigenvalue weighted by atomic mass is 16.6. The van der Waals surface area contributed by atoms with Crippen molar-refractivity contribution in [2.24, 2.45) is 13.0 Å². The molecule has 3 rings (SSSR count). The Morgan fingerprint density at radius 2 is 2.09 bits per heavy atom. The number of pyridine rings is 1. The number of hydrogen-bond donors (Lipinski definition) is 2. The molecule has 11 heteroatoms. The van der Waals surface area contributed by atoms with Gasteiger partial charge in [-0.05, 0) is 44.7 Å². The van der Waals surface area contributed by atoms with Crippen molar-refractivity contribution in [3.8, 4) is 17.1 Å². The van der Waals surface area contributed by atoms with Crippen molar-refractivity contribution in [2.75, 3.05) is 20.3 Å². The van der Waals surface area contributed by atoms with Crippen LogP contribution in [0.5, 0.6) is 5.75 Å². The lowest BCUT2D eigenvalue weighted by atomic mass is 9.87. The minimum Gasteiger partial charge on any atom is -0.489 e. The molecule has 2 aromatic rings. The Bertz CT molecular complexity index is 947. The van der Waals surface area contributed by atoms with Gasteiger partial charge in [-0.3, -0.25) is 4.79 Å². The number of carboxylic acid groups (broad SMARTS) is 1. The quantitative estimate of drug-likeness (QED) is 0.553. The van der Waals surface area contributed by atoms with E-state index in [0.717, 1.165) is 12.8 Å². The molecule has 1 amide bonds. The SMILES string of the molecule is COCCOC(=O)NCc1c(-c2ccc(O[C@H]3CCCC(C(=O)O)C3)c(C)n2)nnn1C. The van der Waals surface area contributed by atoms with Crippen LogP contribution in [0.1, 0.15) is 37.1 Å². The first-order chi connectivity index (χ1) is 15.4. The van der Waals surface area contributed by atoms with Crippen molar-refractivity contribution in [3.05, 3.63) is 23.5 Å². The monoisotopic (exact) mass is 447 g/mol. The molecule has 2 N–H and O–H groups in total. The highest BCUT2D eigenvalue weighted by Gasteiger charge is 2.28. The van der Waals surface area contributed by atoms with Gasteiger partial charge in [-0.15, -0.1) is 5.10 Å². The van der Waals surface area contributed by atoms with Gasteiger partial charge >= 0.3 is 12.1 Å². The average molecular weight is 447 g/mol. The molecule has 1 fully saturated rings. The standard InChI is InChI=1S/C21H29N5O6/c1-13-18(32-15-6-4-5-14(11-15)20(27)28)8-7-16(23-13)19-17(26(2)25-24-19)12-22-21(29)31-10-9-30-3/h7-8,14-15H,4-6,9-12H2,1-3H3,(H,22,29)(H,27,28)/t14?,15-/m0/s1. The van der Waals surface area contributed by atoms with Crippen LogP contribution in [0.4, 0.5) is 4.79 Å². The molecule has 0 spiro atoms. The number of aromatic nitrogens is 4. The number of ether oxygens (including phenoxy) is 3. The molecule has 0 aliphatic heterocycles. The van der Waals surface area contributed by atoms with Crippen LogP contribution < -0.4 is 10.1 Å². The maximum Gasteiger partial charge on any atom is 0.407 e. The normalized spacial score (nSPS) is 18.2. The number of rotatable bonds is 9. The summed E-state index contributed by atoms with van der Waals surface area (Å²) in [5, 5.41) is 20.2. The number of carboxylic acids is 1. The number of aliphatic carboxylic acids is 1. The van der Waals surface area contributed by atoms with E-state index in [0.29, 0.717) is 48.0 Å². The minimum atomic E-state index is -0.769. The van der Waals surface area contributed by atoms with E-state index in [9.17, 15) is 14.7 Å². The largest absolute Gasteiger partial charge is 0.489 e. The van der Waals surface area contributed by atoms with Crippen LogP contribution >= 0.6 is 0 Å². The molecule has 2 aromatic heterocycles. The molecule has 2 heterocycles. The van der Waals surface area contributed by atoms with Gasteiger partial charge in [-0.1, -0.05) is 5.21 Å². The first-order valence-electron chi connectivity index (χ1n) is 10.5. The molecule has 174 valence electrons.